The Morgan fingerprint density at radius 2 is 1.91 bits per heavy atom. The van der Waals surface area contributed by atoms with Gasteiger partial charge >= 0.3 is 5.97 Å². The third-order valence-corrected chi connectivity index (χ3v) is 4.07. The van der Waals surface area contributed by atoms with Gasteiger partial charge in [0.2, 0.25) is 11.8 Å². The first-order chi connectivity index (χ1) is 10.7. The summed E-state index contributed by atoms with van der Waals surface area (Å²) in [7, 11) is 0. The normalized spacial score (nSPS) is 18.1. The van der Waals surface area contributed by atoms with E-state index in [0.29, 0.717) is 13.0 Å². The van der Waals surface area contributed by atoms with Gasteiger partial charge in [-0.1, -0.05) is 17.7 Å². The van der Waals surface area contributed by atoms with Crippen LogP contribution >= 0.6 is 0 Å². The minimum Gasteiger partial charge on any atom is -0.481 e. The van der Waals surface area contributed by atoms with Gasteiger partial charge in [0.25, 0.3) is 0 Å². The average molecular weight is 318 g/mol. The van der Waals surface area contributed by atoms with Gasteiger partial charge in [-0.25, -0.2) is 0 Å². The zero-order valence-electron chi connectivity index (χ0n) is 13.6. The van der Waals surface area contributed by atoms with E-state index in [1.54, 1.807) is 4.90 Å². The fourth-order valence-electron chi connectivity index (χ4n) is 2.52. The van der Waals surface area contributed by atoms with E-state index in [9.17, 15) is 14.4 Å². The molecule has 2 amide bonds. The van der Waals surface area contributed by atoms with E-state index in [4.69, 9.17) is 5.11 Å². The Hall–Kier alpha value is -2.37. The van der Waals surface area contributed by atoms with Gasteiger partial charge in [-0.05, 0) is 39.3 Å². The lowest BCUT2D eigenvalue weighted by molar-refractivity contribution is -0.149. The summed E-state index contributed by atoms with van der Waals surface area (Å²) < 4.78 is 0. The van der Waals surface area contributed by atoms with E-state index >= 15 is 0 Å². The van der Waals surface area contributed by atoms with Crippen molar-refractivity contribution in [1.29, 1.82) is 0 Å². The van der Waals surface area contributed by atoms with Gasteiger partial charge in [-0.15, -0.1) is 0 Å². The van der Waals surface area contributed by atoms with Gasteiger partial charge < -0.3 is 15.3 Å². The summed E-state index contributed by atoms with van der Waals surface area (Å²) >= 11 is 0. The zero-order chi connectivity index (χ0) is 17.2. The van der Waals surface area contributed by atoms with E-state index in [-0.39, 0.29) is 12.3 Å². The van der Waals surface area contributed by atoms with Crippen molar-refractivity contribution < 1.29 is 19.5 Å². The zero-order valence-corrected chi connectivity index (χ0v) is 13.6. The monoisotopic (exact) mass is 318 g/mol. The second-order valence-electron chi connectivity index (χ2n) is 6.60. The molecule has 0 radical (unpaired) electrons. The van der Waals surface area contributed by atoms with Crippen LogP contribution in [0.1, 0.15) is 32.3 Å². The topological polar surface area (TPSA) is 86.7 Å². The molecule has 0 aliphatic carbocycles. The van der Waals surface area contributed by atoms with Gasteiger partial charge in [0.15, 0.2) is 0 Å². The Kier molecular flexibility index (Phi) is 4.73. The molecular weight excluding hydrogens is 296 g/mol. The van der Waals surface area contributed by atoms with Crippen molar-refractivity contribution in [2.75, 3.05) is 11.4 Å². The van der Waals surface area contributed by atoms with Gasteiger partial charge in [-0.2, -0.15) is 0 Å². The molecule has 0 spiro atoms. The summed E-state index contributed by atoms with van der Waals surface area (Å²) in [5, 5.41) is 11.7. The number of hydrogen-bond acceptors (Lipinski definition) is 3. The van der Waals surface area contributed by atoms with E-state index in [1.165, 1.54) is 13.8 Å². The first-order valence-corrected chi connectivity index (χ1v) is 7.61. The van der Waals surface area contributed by atoms with Crippen molar-refractivity contribution in [3.05, 3.63) is 29.8 Å². The minimum atomic E-state index is -1.15. The van der Waals surface area contributed by atoms with E-state index in [0.717, 1.165) is 11.3 Å². The molecule has 6 heteroatoms. The highest BCUT2D eigenvalue weighted by Crippen LogP contribution is 2.23. The summed E-state index contributed by atoms with van der Waals surface area (Å²) in [4.78, 5) is 37.1. The Morgan fingerprint density at radius 3 is 2.48 bits per heavy atom. The number of benzene rings is 1. The van der Waals surface area contributed by atoms with Crippen LogP contribution in [0.3, 0.4) is 0 Å². The molecule has 0 saturated carbocycles. The summed E-state index contributed by atoms with van der Waals surface area (Å²) in [6.45, 7) is 5.49. The molecule has 2 N–H and O–H groups in total. The number of hydrogen-bond donors (Lipinski definition) is 2. The molecular formula is C17H22N2O4. The number of anilines is 1. The van der Waals surface area contributed by atoms with Gasteiger partial charge in [0.1, 0.15) is 6.04 Å². The average Bonchev–Trinajstić information content (AvgIpc) is 2.80. The molecule has 124 valence electrons. The van der Waals surface area contributed by atoms with Crippen molar-refractivity contribution in [3.63, 3.8) is 0 Å². The molecule has 1 unspecified atom stereocenters. The Balaban J connectivity index is 1.98. The third kappa shape index (κ3) is 3.88. The van der Waals surface area contributed by atoms with Crippen LogP contribution in [0.5, 0.6) is 0 Å². The standard InChI is InChI=1S/C17H22N2O4/c1-11-4-6-12(7-5-11)19-9-8-13(15(19)21)18-14(20)10-17(2,3)16(22)23/h4-7,13H,8-10H2,1-3H3,(H,18,20)(H,22,23). The van der Waals surface area contributed by atoms with Crippen LogP contribution in [0.2, 0.25) is 0 Å². The summed E-state index contributed by atoms with van der Waals surface area (Å²) in [5.74, 6) is -1.61. The lowest BCUT2D eigenvalue weighted by atomic mass is 9.89. The maximum atomic E-state index is 12.4. The lowest BCUT2D eigenvalue weighted by Gasteiger charge is -2.20. The molecule has 1 saturated heterocycles. The number of carboxylic acid groups (broad SMARTS) is 1. The summed E-state index contributed by atoms with van der Waals surface area (Å²) in [6.07, 6.45) is 0.364. The third-order valence-electron chi connectivity index (χ3n) is 4.07. The fraction of sp³-hybridized carbons (Fsp3) is 0.471. The van der Waals surface area contributed by atoms with Gasteiger partial charge in [0, 0.05) is 18.7 Å². The number of aliphatic carboxylic acids is 1. The summed E-state index contributed by atoms with van der Waals surface area (Å²) in [5.41, 5.74) is 0.770. The number of carboxylic acids is 1. The molecule has 6 nitrogen and oxygen atoms in total. The second kappa shape index (κ2) is 6.40. The molecule has 1 aromatic rings. The first kappa shape index (κ1) is 17.0. The van der Waals surface area contributed by atoms with E-state index in [2.05, 4.69) is 5.32 Å². The minimum absolute atomic E-state index is 0.156. The maximum absolute atomic E-state index is 12.4. The highest BCUT2D eigenvalue weighted by molar-refractivity contribution is 6.01. The number of nitrogens with one attached hydrogen (secondary N) is 1. The van der Waals surface area contributed by atoms with Crippen molar-refractivity contribution in [1.82, 2.24) is 5.32 Å². The van der Waals surface area contributed by atoms with Crippen LogP contribution in [0.4, 0.5) is 5.69 Å². The maximum Gasteiger partial charge on any atom is 0.309 e. The Morgan fingerprint density at radius 1 is 1.30 bits per heavy atom. The lowest BCUT2D eigenvalue weighted by Crippen LogP contribution is -2.43. The van der Waals surface area contributed by atoms with Crippen LogP contribution < -0.4 is 10.2 Å². The molecule has 0 bridgehead atoms. The molecule has 1 aliphatic heterocycles. The fourth-order valence-corrected chi connectivity index (χ4v) is 2.52. The molecule has 1 aromatic carbocycles. The predicted molar refractivity (Wildman–Crippen MR) is 86.1 cm³/mol. The van der Waals surface area contributed by atoms with Gasteiger partial charge in [-0.3, -0.25) is 14.4 Å². The van der Waals surface area contributed by atoms with Crippen LogP contribution in [0, 0.1) is 12.3 Å². The molecule has 23 heavy (non-hydrogen) atoms. The van der Waals surface area contributed by atoms with Gasteiger partial charge in [0.05, 0.1) is 5.41 Å². The molecule has 1 heterocycles. The van der Waals surface area contributed by atoms with E-state index < -0.39 is 23.3 Å². The first-order valence-electron chi connectivity index (χ1n) is 7.61. The quantitative estimate of drug-likeness (QED) is 0.865. The van der Waals surface area contributed by atoms with Crippen LogP contribution in [-0.4, -0.2) is 35.5 Å². The number of rotatable bonds is 5. The van der Waals surface area contributed by atoms with E-state index in [1.807, 2.05) is 31.2 Å². The highest BCUT2D eigenvalue weighted by Gasteiger charge is 2.36. The Bertz CT molecular complexity index is 622. The molecule has 1 aliphatic rings. The predicted octanol–water partition coefficient (Wildman–Crippen LogP) is 1.72. The molecule has 2 rings (SSSR count). The largest absolute Gasteiger partial charge is 0.481 e. The highest BCUT2D eigenvalue weighted by atomic mass is 16.4. The second-order valence-corrected chi connectivity index (χ2v) is 6.60. The number of aryl methyl sites for hydroxylation is 1. The number of nitrogens with zero attached hydrogens (tertiary/aromatic N) is 1. The smallest absolute Gasteiger partial charge is 0.309 e. The SMILES string of the molecule is Cc1ccc(N2CCC(NC(=O)CC(C)(C)C(=O)O)C2=O)cc1. The van der Waals surface area contributed by atoms with Crippen LogP contribution in [0.15, 0.2) is 24.3 Å². The number of carbonyl (C=O) groups is 3. The molecule has 0 aromatic heterocycles. The van der Waals surface area contributed by atoms with Crippen molar-refractivity contribution in [3.8, 4) is 0 Å². The summed E-state index contributed by atoms with van der Waals surface area (Å²) in [6, 6.07) is 7.04. The molecule has 1 fully saturated rings. The van der Waals surface area contributed by atoms with Crippen LogP contribution in [-0.2, 0) is 14.4 Å². The van der Waals surface area contributed by atoms with Crippen molar-refractivity contribution >= 4 is 23.5 Å². The Labute approximate surface area is 135 Å². The number of amides is 2. The number of carbonyl (C=O) groups excluding carboxylic acids is 2. The van der Waals surface area contributed by atoms with Crippen molar-refractivity contribution in [2.24, 2.45) is 5.41 Å². The van der Waals surface area contributed by atoms with Crippen LogP contribution in [0.25, 0.3) is 0 Å². The molecule has 1 atom stereocenters. The van der Waals surface area contributed by atoms with Crippen molar-refractivity contribution in [2.45, 2.75) is 39.7 Å².